The summed E-state index contributed by atoms with van der Waals surface area (Å²) in [6.45, 7) is 2.54. The third-order valence-corrected chi connectivity index (χ3v) is 3.27. The Balaban J connectivity index is 2.24. The molecule has 0 aromatic heterocycles. The predicted octanol–water partition coefficient (Wildman–Crippen LogP) is 3.48. The number of halogens is 1. The van der Waals surface area contributed by atoms with Gasteiger partial charge in [0.1, 0.15) is 5.60 Å². The topological polar surface area (TPSA) is 26.3 Å². The molecule has 1 atom stereocenters. The second-order valence-corrected chi connectivity index (χ2v) is 4.81. The van der Waals surface area contributed by atoms with Gasteiger partial charge in [-0.3, -0.25) is 4.79 Å². The van der Waals surface area contributed by atoms with Crippen molar-refractivity contribution in [3.8, 4) is 0 Å². The van der Waals surface area contributed by atoms with Gasteiger partial charge in [-0.15, -0.1) is 0 Å². The van der Waals surface area contributed by atoms with Crippen LogP contribution < -0.4 is 0 Å². The molecule has 2 nitrogen and oxygen atoms in total. The van der Waals surface area contributed by atoms with E-state index < -0.39 is 5.60 Å². The van der Waals surface area contributed by atoms with Crippen molar-refractivity contribution in [3.05, 3.63) is 34.9 Å². The van der Waals surface area contributed by atoms with Crippen LogP contribution in [0.4, 0.5) is 0 Å². The van der Waals surface area contributed by atoms with Gasteiger partial charge >= 0.3 is 0 Å². The van der Waals surface area contributed by atoms with E-state index in [0.29, 0.717) is 17.2 Å². The first-order valence-electron chi connectivity index (χ1n) is 5.56. The average Bonchev–Trinajstić information content (AvgIpc) is 2.29. The van der Waals surface area contributed by atoms with Gasteiger partial charge in [0, 0.05) is 17.2 Å². The normalized spacial score (nSPS) is 25.4. The molecule has 2 rings (SSSR count). The van der Waals surface area contributed by atoms with E-state index >= 15 is 0 Å². The molecule has 0 bridgehead atoms. The van der Waals surface area contributed by atoms with Crippen LogP contribution in [0.15, 0.2) is 24.3 Å². The molecule has 1 heterocycles. The molecular weight excluding hydrogens is 224 g/mol. The first-order valence-corrected chi connectivity index (χ1v) is 5.94. The lowest BCUT2D eigenvalue weighted by atomic mass is 9.88. The highest BCUT2D eigenvalue weighted by Crippen LogP contribution is 2.28. The van der Waals surface area contributed by atoms with Gasteiger partial charge < -0.3 is 4.74 Å². The van der Waals surface area contributed by atoms with Gasteiger partial charge in [-0.25, -0.2) is 0 Å². The average molecular weight is 239 g/mol. The summed E-state index contributed by atoms with van der Waals surface area (Å²) in [6, 6.07) is 7.05. The Labute approximate surface area is 101 Å². The van der Waals surface area contributed by atoms with Crippen LogP contribution in [0, 0.1) is 0 Å². The van der Waals surface area contributed by atoms with Gasteiger partial charge in [0.25, 0.3) is 0 Å². The minimum atomic E-state index is -0.664. The van der Waals surface area contributed by atoms with Crippen molar-refractivity contribution >= 4 is 17.4 Å². The molecule has 3 heteroatoms. The highest BCUT2D eigenvalue weighted by atomic mass is 35.5. The van der Waals surface area contributed by atoms with Crippen molar-refractivity contribution in [3.63, 3.8) is 0 Å². The van der Waals surface area contributed by atoms with Crippen LogP contribution in [0.25, 0.3) is 0 Å². The van der Waals surface area contributed by atoms with Gasteiger partial charge in [-0.05, 0) is 38.3 Å². The van der Waals surface area contributed by atoms with Crippen LogP contribution in [0.2, 0.25) is 5.02 Å². The molecule has 16 heavy (non-hydrogen) atoms. The number of rotatable bonds is 2. The first kappa shape index (κ1) is 11.6. The van der Waals surface area contributed by atoms with Crippen molar-refractivity contribution in [1.82, 2.24) is 0 Å². The Bertz CT molecular complexity index is 395. The lowest BCUT2D eigenvalue weighted by Gasteiger charge is -2.32. The highest BCUT2D eigenvalue weighted by Gasteiger charge is 2.36. The second-order valence-electron chi connectivity index (χ2n) is 4.38. The molecule has 1 unspecified atom stereocenters. The maximum atomic E-state index is 12.3. The summed E-state index contributed by atoms with van der Waals surface area (Å²) in [4.78, 5) is 12.3. The van der Waals surface area contributed by atoms with Gasteiger partial charge in [0.15, 0.2) is 5.78 Å². The number of carbonyl (C=O) groups is 1. The molecule has 1 aromatic carbocycles. The third kappa shape index (κ3) is 2.28. The standard InChI is InChI=1S/C13H15ClO2/c1-13(7-2-3-8-16-13)12(15)10-5-4-6-11(14)9-10/h4-6,9H,2-3,7-8H2,1H3. The van der Waals surface area contributed by atoms with E-state index in [2.05, 4.69) is 0 Å². The molecule has 0 radical (unpaired) electrons. The van der Waals surface area contributed by atoms with Crippen molar-refractivity contribution in [2.75, 3.05) is 6.61 Å². The summed E-state index contributed by atoms with van der Waals surface area (Å²) in [7, 11) is 0. The van der Waals surface area contributed by atoms with Gasteiger partial charge in [0.05, 0.1) is 0 Å². The number of ketones is 1. The maximum Gasteiger partial charge on any atom is 0.194 e. The van der Waals surface area contributed by atoms with Gasteiger partial charge in [0.2, 0.25) is 0 Å². The molecule has 0 saturated carbocycles. The molecule has 1 aromatic rings. The number of hydrogen-bond acceptors (Lipinski definition) is 2. The Kier molecular flexibility index (Phi) is 3.31. The molecular formula is C13H15ClO2. The number of benzene rings is 1. The fourth-order valence-electron chi connectivity index (χ4n) is 2.05. The van der Waals surface area contributed by atoms with E-state index in [-0.39, 0.29) is 5.78 Å². The Hall–Kier alpha value is -0.860. The first-order chi connectivity index (χ1) is 7.62. The third-order valence-electron chi connectivity index (χ3n) is 3.04. The summed E-state index contributed by atoms with van der Waals surface area (Å²) < 4.78 is 5.63. The van der Waals surface area contributed by atoms with E-state index in [4.69, 9.17) is 16.3 Å². The molecule has 0 aliphatic carbocycles. The summed E-state index contributed by atoms with van der Waals surface area (Å²) in [5.41, 5.74) is -0.0277. The van der Waals surface area contributed by atoms with Gasteiger partial charge in [-0.2, -0.15) is 0 Å². The van der Waals surface area contributed by atoms with Crippen LogP contribution in [0.1, 0.15) is 36.5 Å². The van der Waals surface area contributed by atoms with E-state index in [0.717, 1.165) is 19.3 Å². The second kappa shape index (κ2) is 4.56. The van der Waals surface area contributed by atoms with E-state index in [1.54, 1.807) is 24.3 Å². The Morgan fingerprint density at radius 3 is 2.88 bits per heavy atom. The van der Waals surface area contributed by atoms with E-state index in [1.807, 2.05) is 6.92 Å². The molecule has 1 aliphatic rings. The molecule has 86 valence electrons. The lowest BCUT2D eigenvalue weighted by molar-refractivity contribution is -0.0426. The highest BCUT2D eigenvalue weighted by molar-refractivity contribution is 6.31. The lowest BCUT2D eigenvalue weighted by Crippen LogP contribution is -2.41. The fraction of sp³-hybridized carbons (Fsp3) is 0.462. The zero-order chi connectivity index (χ0) is 11.6. The minimum Gasteiger partial charge on any atom is -0.367 e. The summed E-state index contributed by atoms with van der Waals surface area (Å²) in [5, 5.41) is 0.588. The zero-order valence-corrected chi connectivity index (χ0v) is 10.1. The quantitative estimate of drug-likeness (QED) is 0.738. The summed E-state index contributed by atoms with van der Waals surface area (Å²) in [5.74, 6) is 0.0368. The summed E-state index contributed by atoms with van der Waals surface area (Å²) in [6.07, 6.45) is 2.87. The van der Waals surface area contributed by atoms with Crippen LogP contribution in [-0.2, 0) is 4.74 Å². The molecule has 1 aliphatic heterocycles. The SMILES string of the molecule is CC1(C(=O)c2cccc(Cl)c2)CCCCO1. The predicted molar refractivity (Wildman–Crippen MR) is 64.0 cm³/mol. The van der Waals surface area contributed by atoms with Crippen LogP contribution >= 0.6 is 11.6 Å². The monoisotopic (exact) mass is 238 g/mol. The Morgan fingerprint density at radius 2 is 2.25 bits per heavy atom. The van der Waals surface area contributed by atoms with Crippen molar-refractivity contribution < 1.29 is 9.53 Å². The molecule has 1 fully saturated rings. The molecule has 0 N–H and O–H groups in total. The number of ether oxygens (including phenoxy) is 1. The van der Waals surface area contributed by atoms with Crippen LogP contribution in [0.3, 0.4) is 0 Å². The van der Waals surface area contributed by atoms with Crippen molar-refractivity contribution in [1.29, 1.82) is 0 Å². The number of hydrogen-bond donors (Lipinski definition) is 0. The van der Waals surface area contributed by atoms with E-state index in [1.165, 1.54) is 0 Å². The van der Waals surface area contributed by atoms with Crippen LogP contribution in [0.5, 0.6) is 0 Å². The fourth-order valence-corrected chi connectivity index (χ4v) is 2.24. The van der Waals surface area contributed by atoms with Crippen molar-refractivity contribution in [2.24, 2.45) is 0 Å². The van der Waals surface area contributed by atoms with Crippen molar-refractivity contribution in [2.45, 2.75) is 31.8 Å². The minimum absolute atomic E-state index is 0.0368. The Morgan fingerprint density at radius 1 is 1.44 bits per heavy atom. The van der Waals surface area contributed by atoms with E-state index in [9.17, 15) is 4.79 Å². The largest absolute Gasteiger partial charge is 0.367 e. The van der Waals surface area contributed by atoms with Gasteiger partial charge in [-0.1, -0.05) is 23.7 Å². The molecule has 0 amide bonds. The summed E-state index contributed by atoms with van der Waals surface area (Å²) >= 11 is 5.88. The molecule has 1 saturated heterocycles. The van der Waals surface area contributed by atoms with Crippen LogP contribution in [-0.4, -0.2) is 18.0 Å². The number of carbonyl (C=O) groups excluding carboxylic acids is 1. The zero-order valence-electron chi connectivity index (χ0n) is 9.33. The number of Topliss-reactive ketones (excluding diaryl/α,β-unsaturated/α-hetero) is 1. The molecule has 0 spiro atoms. The maximum absolute atomic E-state index is 12.3. The smallest absolute Gasteiger partial charge is 0.194 e.